The number of piperazine rings is 1. The second-order valence-electron chi connectivity index (χ2n) is 6.67. The summed E-state index contributed by atoms with van der Waals surface area (Å²) in [5.41, 5.74) is 1.46. The van der Waals surface area contributed by atoms with Crippen LogP contribution in [0, 0.1) is 6.92 Å². The molecule has 1 saturated heterocycles. The van der Waals surface area contributed by atoms with Crippen LogP contribution in [0.3, 0.4) is 0 Å². The number of aromatic nitrogens is 1. The van der Waals surface area contributed by atoms with E-state index in [4.69, 9.17) is 4.74 Å². The zero-order chi connectivity index (χ0) is 19.6. The molecule has 8 heteroatoms. The molecule has 0 N–H and O–H groups in total. The maximum absolute atomic E-state index is 13.2. The van der Waals surface area contributed by atoms with Gasteiger partial charge in [-0.25, -0.2) is 8.42 Å². The van der Waals surface area contributed by atoms with Gasteiger partial charge in [0, 0.05) is 44.4 Å². The Bertz CT molecular complexity index is 937. The summed E-state index contributed by atoms with van der Waals surface area (Å²) < 4.78 is 33.1. The fraction of sp³-hybridized carbons (Fsp3) is 0.474. The summed E-state index contributed by atoms with van der Waals surface area (Å²) >= 11 is 0. The molecule has 0 aliphatic carbocycles. The summed E-state index contributed by atoms with van der Waals surface area (Å²) in [6, 6.07) is 7.11. The normalized spacial score (nSPS) is 17.2. The van der Waals surface area contributed by atoms with Gasteiger partial charge in [-0.05, 0) is 38.5 Å². The molecule has 146 valence electrons. The fourth-order valence-corrected chi connectivity index (χ4v) is 4.90. The Labute approximate surface area is 160 Å². The molecule has 2 heterocycles. The van der Waals surface area contributed by atoms with Crippen LogP contribution in [0.4, 0.5) is 0 Å². The van der Waals surface area contributed by atoms with E-state index < -0.39 is 16.1 Å². The van der Waals surface area contributed by atoms with Gasteiger partial charge in [-0.2, -0.15) is 4.31 Å². The van der Waals surface area contributed by atoms with Crippen LogP contribution < -0.4 is 0 Å². The van der Waals surface area contributed by atoms with E-state index >= 15 is 0 Å². The van der Waals surface area contributed by atoms with E-state index in [1.54, 1.807) is 30.2 Å². The van der Waals surface area contributed by atoms with Crippen molar-refractivity contribution in [3.8, 4) is 0 Å². The number of fused-ring (bicyclic) bond motifs is 1. The first-order chi connectivity index (χ1) is 12.8. The van der Waals surface area contributed by atoms with E-state index in [-0.39, 0.29) is 23.9 Å². The number of rotatable bonds is 5. The molecule has 2 aromatic rings. The standard InChI is InChI=1S/C19H25N3O4S/c1-4-26-15(3)19(23)21-8-10-22(11-9-21)27(24,25)17-7-5-6-16-12-14(2)13-20-18(16)17/h5-7,12-13,15H,4,8-11H2,1-3H3. The topological polar surface area (TPSA) is 79.8 Å². The van der Waals surface area contributed by atoms with Crippen LogP contribution in [0.1, 0.15) is 19.4 Å². The van der Waals surface area contributed by atoms with Crippen molar-refractivity contribution in [1.82, 2.24) is 14.2 Å². The van der Waals surface area contributed by atoms with Gasteiger partial charge in [0.05, 0.1) is 5.52 Å². The van der Waals surface area contributed by atoms with Crippen LogP contribution in [-0.4, -0.2) is 67.4 Å². The molecular formula is C19H25N3O4S. The first kappa shape index (κ1) is 19.7. The van der Waals surface area contributed by atoms with Crippen LogP contribution in [0.15, 0.2) is 35.4 Å². The Morgan fingerprint density at radius 1 is 1.26 bits per heavy atom. The van der Waals surface area contributed by atoms with Crippen LogP contribution in [0.25, 0.3) is 10.9 Å². The lowest BCUT2D eigenvalue weighted by Gasteiger charge is -2.35. The summed E-state index contributed by atoms with van der Waals surface area (Å²) in [5.74, 6) is -0.101. The molecule has 3 rings (SSSR count). The van der Waals surface area contributed by atoms with E-state index in [2.05, 4.69) is 4.98 Å². The minimum Gasteiger partial charge on any atom is -0.369 e. The molecule has 1 aliphatic rings. The van der Waals surface area contributed by atoms with Crippen LogP contribution in [-0.2, 0) is 19.6 Å². The van der Waals surface area contributed by atoms with Crippen molar-refractivity contribution in [3.05, 3.63) is 36.0 Å². The average Bonchev–Trinajstić information content (AvgIpc) is 2.67. The highest BCUT2D eigenvalue weighted by molar-refractivity contribution is 7.89. The van der Waals surface area contributed by atoms with E-state index in [0.29, 0.717) is 25.2 Å². The van der Waals surface area contributed by atoms with Crippen LogP contribution >= 0.6 is 0 Å². The number of pyridine rings is 1. The third-order valence-electron chi connectivity index (χ3n) is 4.74. The van der Waals surface area contributed by atoms with Gasteiger partial charge < -0.3 is 9.64 Å². The molecule has 1 fully saturated rings. The minimum absolute atomic E-state index is 0.101. The maximum atomic E-state index is 13.2. The lowest BCUT2D eigenvalue weighted by Crippen LogP contribution is -2.52. The Kier molecular flexibility index (Phi) is 5.78. The van der Waals surface area contributed by atoms with E-state index in [1.165, 1.54) is 4.31 Å². The number of nitrogens with zero attached hydrogens (tertiary/aromatic N) is 3. The van der Waals surface area contributed by atoms with Crippen molar-refractivity contribution < 1.29 is 17.9 Å². The summed E-state index contributed by atoms with van der Waals surface area (Å²) in [6.07, 6.45) is 1.16. The van der Waals surface area contributed by atoms with Crippen molar-refractivity contribution in [1.29, 1.82) is 0 Å². The zero-order valence-electron chi connectivity index (χ0n) is 15.9. The van der Waals surface area contributed by atoms with Gasteiger partial charge in [0.1, 0.15) is 11.0 Å². The molecule has 1 aliphatic heterocycles. The van der Waals surface area contributed by atoms with E-state index in [0.717, 1.165) is 10.9 Å². The third-order valence-corrected chi connectivity index (χ3v) is 6.67. The first-order valence-corrected chi connectivity index (χ1v) is 10.5. The molecule has 1 atom stereocenters. The van der Waals surface area contributed by atoms with Gasteiger partial charge in [-0.3, -0.25) is 9.78 Å². The molecule has 1 unspecified atom stereocenters. The summed E-state index contributed by atoms with van der Waals surface area (Å²) in [4.78, 5) is 18.6. The molecule has 1 amide bonds. The van der Waals surface area contributed by atoms with E-state index in [1.807, 2.05) is 26.0 Å². The summed E-state index contributed by atoms with van der Waals surface area (Å²) in [7, 11) is -3.68. The Morgan fingerprint density at radius 3 is 2.63 bits per heavy atom. The highest BCUT2D eigenvalue weighted by Crippen LogP contribution is 2.25. The SMILES string of the molecule is CCOC(C)C(=O)N1CCN(S(=O)(=O)c2cccc3cc(C)cnc23)CC1. The van der Waals surface area contributed by atoms with Gasteiger partial charge >= 0.3 is 0 Å². The van der Waals surface area contributed by atoms with Crippen molar-refractivity contribution in [2.75, 3.05) is 32.8 Å². The van der Waals surface area contributed by atoms with Gasteiger partial charge in [-0.15, -0.1) is 0 Å². The number of benzene rings is 1. The number of hydrogen-bond donors (Lipinski definition) is 0. The summed E-state index contributed by atoms with van der Waals surface area (Å²) in [5, 5.41) is 0.801. The predicted octanol–water partition coefficient (Wildman–Crippen LogP) is 1.80. The van der Waals surface area contributed by atoms with Crippen LogP contribution in [0.2, 0.25) is 0 Å². The smallest absolute Gasteiger partial charge is 0.251 e. The van der Waals surface area contributed by atoms with Crippen molar-refractivity contribution in [2.24, 2.45) is 0 Å². The van der Waals surface area contributed by atoms with Crippen LogP contribution in [0.5, 0.6) is 0 Å². The maximum Gasteiger partial charge on any atom is 0.251 e. The molecule has 0 bridgehead atoms. The lowest BCUT2D eigenvalue weighted by molar-refractivity contribution is -0.143. The number of para-hydroxylation sites is 1. The number of aryl methyl sites for hydroxylation is 1. The number of amides is 1. The molecule has 0 spiro atoms. The Morgan fingerprint density at radius 2 is 1.96 bits per heavy atom. The number of carbonyl (C=O) groups is 1. The first-order valence-electron chi connectivity index (χ1n) is 9.10. The van der Waals surface area contributed by atoms with Gasteiger partial charge in [0.15, 0.2) is 0 Å². The van der Waals surface area contributed by atoms with Gasteiger partial charge in [0.2, 0.25) is 10.0 Å². The fourth-order valence-electron chi connectivity index (χ4n) is 3.32. The quantitative estimate of drug-likeness (QED) is 0.777. The second kappa shape index (κ2) is 7.92. The van der Waals surface area contributed by atoms with Gasteiger partial charge in [0.25, 0.3) is 5.91 Å². The number of ether oxygens (including phenoxy) is 1. The minimum atomic E-state index is -3.68. The summed E-state index contributed by atoms with van der Waals surface area (Å²) in [6.45, 7) is 7.18. The van der Waals surface area contributed by atoms with Crippen molar-refractivity contribution >= 4 is 26.8 Å². The second-order valence-corrected chi connectivity index (χ2v) is 8.57. The zero-order valence-corrected chi connectivity index (χ0v) is 16.7. The average molecular weight is 391 g/mol. The van der Waals surface area contributed by atoms with Crippen molar-refractivity contribution in [2.45, 2.75) is 31.8 Å². The van der Waals surface area contributed by atoms with Gasteiger partial charge in [-0.1, -0.05) is 12.1 Å². The Balaban J connectivity index is 1.79. The Hall–Kier alpha value is -2.03. The molecule has 27 heavy (non-hydrogen) atoms. The highest BCUT2D eigenvalue weighted by Gasteiger charge is 2.32. The molecular weight excluding hydrogens is 366 g/mol. The largest absolute Gasteiger partial charge is 0.369 e. The predicted molar refractivity (Wildman–Crippen MR) is 103 cm³/mol. The molecule has 0 radical (unpaired) electrons. The molecule has 0 saturated carbocycles. The highest BCUT2D eigenvalue weighted by atomic mass is 32.2. The number of hydrogen-bond acceptors (Lipinski definition) is 5. The molecule has 1 aromatic carbocycles. The third kappa shape index (κ3) is 3.97. The molecule has 7 nitrogen and oxygen atoms in total. The van der Waals surface area contributed by atoms with Crippen molar-refractivity contribution in [3.63, 3.8) is 0 Å². The monoisotopic (exact) mass is 391 g/mol. The molecule has 1 aromatic heterocycles. The number of sulfonamides is 1. The lowest BCUT2D eigenvalue weighted by atomic mass is 10.2. The van der Waals surface area contributed by atoms with E-state index in [9.17, 15) is 13.2 Å². The number of carbonyl (C=O) groups excluding carboxylic acids is 1.